The molecule has 0 aromatic rings. The van der Waals surface area contributed by atoms with Crippen molar-refractivity contribution in [3.63, 3.8) is 0 Å². The molecule has 4 rings (SSSR count). The van der Waals surface area contributed by atoms with Crippen LogP contribution in [0.4, 0.5) is 0 Å². The predicted molar refractivity (Wildman–Crippen MR) is 121 cm³/mol. The average molecular weight is 405 g/mol. The van der Waals surface area contributed by atoms with E-state index >= 15 is 0 Å². The van der Waals surface area contributed by atoms with Crippen LogP contribution in [0.1, 0.15) is 110 Å². The highest BCUT2D eigenvalue weighted by Crippen LogP contribution is 2.53. The summed E-state index contributed by atoms with van der Waals surface area (Å²) in [4.78, 5) is 0. The van der Waals surface area contributed by atoms with Crippen LogP contribution in [0.5, 0.6) is 0 Å². The highest BCUT2D eigenvalue weighted by Gasteiger charge is 2.45. The fourth-order valence-electron chi connectivity index (χ4n) is 8.10. The van der Waals surface area contributed by atoms with Crippen LogP contribution in [-0.2, 0) is 9.47 Å². The van der Waals surface area contributed by atoms with Gasteiger partial charge in [-0.2, -0.15) is 0 Å². The Morgan fingerprint density at radius 2 is 1.52 bits per heavy atom. The molecule has 168 valence electrons. The normalized spacial score (nSPS) is 41.0. The molecule has 0 aromatic carbocycles. The molecule has 4 saturated carbocycles. The van der Waals surface area contributed by atoms with Crippen molar-refractivity contribution in [2.24, 2.45) is 34.5 Å². The molecule has 29 heavy (non-hydrogen) atoms. The van der Waals surface area contributed by atoms with Gasteiger partial charge < -0.3 is 9.47 Å². The lowest BCUT2D eigenvalue weighted by Gasteiger charge is -2.47. The van der Waals surface area contributed by atoms with Crippen molar-refractivity contribution in [2.45, 2.75) is 110 Å². The van der Waals surface area contributed by atoms with Crippen LogP contribution < -0.4 is 0 Å². The quantitative estimate of drug-likeness (QED) is 0.373. The SMILES string of the molecule is CCOCC1(C2CCCCC2)CCCC(CCOCC2(C)CC3CCCC3C2)C1. The Kier molecular flexibility index (Phi) is 7.65. The molecular weight excluding hydrogens is 356 g/mol. The molecule has 2 heteroatoms. The molecule has 0 saturated heterocycles. The summed E-state index contributed by atoms with van der Waals surface area (Å²) in [5.41, 5.74) is 0.956. The Balaban J connectivity index is 1.24. The highest BCUT2D eigenvalue weighted by molar-refractivity contribution is 4.95. The lowest BCUT2D eigenvalue weighted by molar-refractivity contribution is -0.0473. The van der Waals surface area contributed by atoms with Crippen molar-refractivity contribution >= 4 is 0 Å². The zero-order chi connectivity index (χ0) is 20.2. The van der Waals surface area contributed by atoms with Crippen LogP contribution in [0.2, 0.25) is 0 Å². The van der Waals surface area contributed by atoms with Gasteiger partial charge in [0.05, 0.1) is 13.2 Å². The molecule has 4 aliphatic carbocycles. The van der Waals surface area contributed by atoms with E-state index in [0.29, 0.717) is 10.8 Å². The van der Waals surface area contributed by atoms with Gasteiger partial charge >= 0.3 is 0 Å². The van der Waals surface area contributed by atoms with E-state index in [-0.39, 0.29) is 0 Å². The molecule has 4 aliphatic rings. The fraction of sp³-hybridized carbons (Fsp3) is 1.00. The minimum absolute atomic E-state index is 0.475. The molecule has 0 aromatic heterocycles. The van der Waals surface area contributed by atoms with Gasteiger partial charge in [-0.05, 0) is 86.4 Å². The van der Waals surface area contributed by atoms with Gasteiger partial charge in [-0.1, -0.05) is 58.3 Å². The van der Waals surface area contributed by atoms with Crippen molar-refractivity contribution in [1.82, 2.24) is 0 Å². The largest absolute Gasteiger partial charge is 0.381 e. The fourth-order valence-corrected chi connectivity index (χ4v) is 8.10. The number of fused-ring (bicyclic) bond motifs is 1. The summed E-state index contributed by atoms with van der Waals surface area (Å²) < 4.78 is 12.4. The average Bonchev–Trinajstić information content (AvgIpc) is 3.29. The molecular formula is C27H48O2. The molecule has 4 unspecified atom stereocenters. The second-order valence-electron chi connectivity index (χ2n) is 11.8. The van der Waals surface area contributed by atoms with E-state index in [1.165, 1.54) is 96.3 Å². The van der Waals surface area contributed by atoms with Gasteiger partial charge in [0.2, 0.25) is 0 Å². The number of hydrogen-bond acceptors (Lipinski definition) is 2. The van der Waals surface area contributed by atoms with Crippen molar-refractivity contribution in [2.75, 3.05) is 26.4 Å². The second-order valence-corrected chi connectivity index (χ2v) is 11.8. The molecule has 4 atom stereocenters. The summed E-state index contributed by atoms with van der Waals surface area (Å²) in [5.74, 6) is 3.83. The standard InChI is InChI=1S/C27H48O2/c1-3-28-21-27(25-12-5-4-6-13-25)15-8-9-22(17-27)14-16-29-20-26(2)18-23-10-7-11-24(23)19-26/h22-25H,3-21H2,1-2H3. The molecule has 0 aliphatic heterocycles. The predicted octanol–water partition coefficient (Wildman–Crippen LogP) is 7.40. The maximum atomic E-state index is 6.35. The molecule has 0 radical (unpaired) electrons. The third kappa shape index (κ3) is 5.40. The summed E-state index contributed by atoms with van der Waals surface area (Å²) in [5, 5.41) is 0. The van der Waals surface area contributed by atoms with Crippen LogP contribution in [0.15, 0.2) is 0 Å². The second kappa shape index (κ2) is 10.0. The van der Waals surface area contributed by atoms with Crippen LogP contribution in [-0.4, -0.2) is 26.4 Å². The summed E-state index contributed by atoms with van der Waals surface area (Å²) in [6.45, 7) is 8.57. The van der Waals surface area contributed by atoms with Gasteiger partial charge in [0.1, 0.15) is 0 Å². The topological polar surface area (TPSA) is 18.5 Å². The van der Waals surface area contributed by atoms with E-state index in [1.54, 1.807) is 0 Å². The monoisotopic (exact) mass is 404 g/mol. The van der Waals surface area contributed by atoms with Crippen molar-refractivity contribution < 1.29 is 9.47 Å². The minimum Gasteiger partial charge on any atom is -0.381 e. The van der Waals surface area contributed by atoms with E-state index in [1.807, 2.05) is 0 Å². The summed E-state index contributed by atoms with van der Waals surface area (Å²) >= 11 is 0. The van der Waals surface area contributed by atoms with Gasteiger partial charge in [0.15, 0.2) is 0 Å². The summed E-state index contributed by atoms with van der Waals surface area (Å²) in [6.07, 6.45) is 21.5. The zero-order valence-electron chi connectivity index (χ0n) is 19.6. The first-order valence-corrected chi connectivity index (χ1v) is 13.3. The lowest BCUT2D eigenvalue weighted by atomic mass is 9.59. The lowest BCUT2D eigenvalue weighted by Crippen LogP contribution is -2.41. The van der Waals surface area contributed by atoms with E-state index in [0.717, 1.165) is 50.1 Å². The van der Waals surface area contributed by atoms with E-state index in [2.05, 4.69) is 13.8 Å². The highest BCUT2D eigenvalue weighted by atomic mass is 16.5. The van der Waals surface area contributed by atoms with Crippen LogP contribution >= 0.6 is 0 Å². The third-order valence-corrected chi connectivity index (χ3v) is 9.49. The Morgan fingerprint density at radius 1 is 0.759 bits per heavy atom. The first kappa shape index (κ1) is 22.1. The molecule has 2 nitrogen and oxygen atoms in total. The number of ether oxygens (including phenoxy) is 2. The van der Waals surface area contributed by atoms with Gasteiger partial charge in [-0.25, -0.2) is 0 Å². The molecule has 4 fully saturated rings. The maximum Gasteiger partial charge on any atom is 0.0525 e. The van der Waals surface area contributed by atoms with E-state index in [4.69, 9.17) is 9.47 Å². The minimum atomic E-state index is 0.475. The smallest absolute Gasteiger partial charge is 0.0525 e. The van der Waals surface area contributed by atoms with Gasteiger partial charge in [0.25, 0.3) is 0 Å². The first-order valence-electron chi connectivity index (χ1n) is 13.3. The van der Waals surface area contributed by atoms with Gasteiger partial charge in [-0.15, -0.1) is 0 Å². The zero-order valence-corrected chi connectivity index (χ0v) is 19.6. The third-order valence-electron chi connectivity index (χ3n) is 9.49. The Morgan fingerprint density at radius 3 is 2.24 bits per heavy atom. The van der Waals surface area contributed by atoms with Gasteiger partial charge in [0, 0.05) is 13.2 Å². The summed E-state index contributed by atoms with van der Waals surface area (Å²) in [6, 6.07) is 0. The van der Waals surface area contributed by atoms with Crippen LogP contribution in [0, 0.1) is 34.5 Å². The van der Waals surface area contributed by atoms with Gasteiger partial charge in [-0.3, -0.25) is 0 Å². The van der Waals surface area contributed by atoms with Crippen LogP contribution in [0.25, 0.3) is 0 Å². The molecule has 0 N–H and O–H groups in total. The first-order chi connectivity index (χ1) is 14.1. The van der Waals surface area contributed by atoms with Crippen molar-refractivity contribution in [1.29, 1.82) is 0 Å². The molecule has 0 amide bonds. The number of hydrogen-bond donors (Lipinski definition) is 0. The van der Waals surface area contributed by atoms with Crippen molar-refractivity contribution in [3.8, 4) is 0 Å². The summed E-state index contributed by atoms with van der Waals surface area (Å²) in [7, 11) is 0. The van der Waals surface area contributed by atoms with E-state index < -0.39 is 0 Å². The Labute approximate surface area is 180 Å². The molecule has 0 bridgehead atoms. The molecule has 0 spiro atoms. The Bertz CT molecular complexity index is 485. The number of rotatable bonds is 9. The van der Waals surface area contributed by atoms with E-state index in [9.17, 15) is 0 Å². The molecule has 0 heterocycles. The Hall–Kier alpha value is -0.0800. The van der Waals surface area contributed by atoms with Crippen LogP contribution in [0.3, 0.4) is 0 Å². The van der Waals surface area contributed by atoms with Crippen molar-refractivity contribution in [3.05, 3.63) is 0 Å². The maximum absolute atomic E-state index is 6.35.